The van der Waals surface area contributed by atoms with Gasteiger partial charge in [0, 0.05) is 25.2 Å². The summed E-state index contributed by atoms with van der Waals surface area (Å²) in [6.07, 6.45) is -1.24. The highest BCUT2D eigenvalue weighted by molar-refractivity contribution is 5.51. The Morgan fingerprint density at radius 2 is 1.88 bits per heavy atom. The van der Waals surface area contributed by atoms with E-state index in [-0.39, 0.29) is 12.0 Å². The van der Waals surface area contributed by atoms with Crippen LogP contribution in [0.4, 0.5) is 24.9 Å². The highest BCUT2D eigenvalue weighted by atomic mass is 19.4. The van der Waals surface area contributed by atoms with E-state index in [0.29, 0.717) is 45.0 Å². The lowest BCUT2D eigenvalue weighted by Gasteiger charge is -2.40. The minimum absolute atomic E-state index is 0.158. The summed E-state index contributed by atoms with van der Waals surface area (Å²) in [5.41, 5.74) is -2.53. The SMILES string of the molecule is C[C@@]1(C(F)(F)F)Cn2c(nc(N3CCOCC3)cc2=O)N1C1CCCC1. The average Bonchev–Trinajstić information content (AvgIpc) is 3.21. The van der Waals surface area contributed by atoms with Crippen molar-refractivity contribution in [1.29, 1.82) is 0 Å². The Bertz CT molecular complexity index is 739. The lowest BCUT2D eigenvalue weighted by atomic mass is 9.98. The molecule has 9 heteroatoms. The zero-order valence-corrected chi connectivity index (χ0v) is 14.8. The van der Waals surface area contributed by atoms with Crippen LogP contribution in [0.2, 0.25) is 0 Å². The number of hydrogen-bond donors (Lipinski definition) is 0. The first-order valence-electron chi connectivity index (χ1n) is 9.12. The van der Waals surface area contributed by atoms with Crippen LogP contribution in [-0.2, 0) is 11.3 Å². The summed E-state index contributed by atoms with van der Waals surface area (Å²) in [6, 6.07) is 1.12. The molecule has 1 aromatic rings. The van der Waals surface area contributed by atoms with Gasteiger partial charge in [-0.3, -0.25) is 9.36 Å². The maximum Gasteiger partial charge on any atom is 0.413 e. The van der Waals surface area contributed by atoms with Gasteiger partial charge in [-0.2, -0.15) is 18.2 Å². The van der Waals surface area contributed by atoms with Crippen molar-refractivity contribution in [3.05, 3.63) is 16.4 Å². The summed E-state index contributed by atoms with van der Waals surface area (Å²) in [5, 5.41) is 0. The summed E-state index contributed by atoms with van der Waals surface area (Å²) in [6.45, 7) is 2.98. The predicted octanol–water partition coefficient (Wildman–Crippen LogP) is 2.16. The number of nitrogens with zero attached hydrogens (tertiary/aromatic N) is 4. The zero-order valence-electron chi connectivity index (χ0n) is 14.8. The lowest BCUT2D eigenvalue weighted by Crippen LogP contribution is -2.58. The Morgan fingerprint density at radius 3 is 2.50 bits per heavy atom. The molecule has 0 unspecified atom stereocenters. The average molecular weight is 372 g/mol. The van der Waals surface area contributed by atoms with E-state index >= 15 is 0 Å². The van der Waals surface area contributed by atoms with Crippen LogP contribution >= 0.6 is 0 Å². The molecule has 6 nitrogen and oxygen atoms in total. The van der Waals surface area contributed by atoms with Crippen molar-refractivity contribution in [1.82, 2.24) is 9.55 Å². The van der Waals surface area contributed by atoms with Crippen LogP contribution in [0, 0.1) is 0 Å². The number of fused-ring (bicyclic) bond motifs is 1. The quantitative estimate of drug-likeness (QED) is 0.796. The minimum atomic E-state index is -4.45. The second-order valence-electron chi connectivity index (χ2n) is 7.52. The second kappa shape index (κ2) is 6.14. The fourth-order valence-electron chi connectivity index (χ4n) is 4.33. The van der Waals surface area contributed by atoms with Crippen molar-refractivity contribution >= 4 is 11.8 Å². The molecule has 2 fully saturated rings. The molecule has 3 aliphatic rings. The van der Waals surface area contributed by atoms with E-state index in [0.717, 1.165) is 12.8 Å². The summed E-state index contributed by atoms with van der Waals surface area (Å²) in [4.78, 5) is 20.4. The Morgan fingerprint density at radius 1 is 1.23 bits per heavy atom. The fourth-order valence-corrected chi connectivity index (χ4v) is 4.33. The highest BCUT2D eigenvalue weighted by Crippen LogP contribution is 2.46. The molecule has 0 radical (unpaired) electrons. The number of ether oxygens (including phenoxy) is 1. The lowest BCUT2D eigenvalue weighted by molar-refractivity contribution is -0.183. The van der Waals surface area contributed by atoms with E-state index in [1.54, 1.807) is 0 Å². The first kappa shape index (κ1) is 17.6. The van der Waals surface area contributed by atoms with Gasteiger partial charge in [0.25, 0.3) is 5.56 Å². The molecule has 144 valence electrons. The van der Waals surface area contributed by atoms with Crippen molar-refractivity contribution in [3.8, 4) is 0 Å². The molecule has 26 heavy (non-hydrogen) atoms. The topological polar surface area (TPSA) is 50.6 Å². The van der Waals surface area contributed by atoms with Crippen LogP contribution in [0.1, 0.15) is 32.6 Å². The number of alkyl halides is 3. The van der Waals surface area contributed by atoms with Crippen molar-refractivity contribution < 1.29 is 17.9 Å². The van der Waals surface area contributed by atoms with Gasteiger partial charge in [0.1, 0.15) is 5.82 Å². The Kier molecular flexibility index (Phi) is 4.17. The third-order valence-electron chi connectivity index (χ3n) is 5.82. The number of rotatable bonds is 2. The molecule has 0 aromatic carbocycles. The molecule has 1 atom stereocenters. The fraction of sp³-hybridized carbons (Fsp3) is 0.765. The van der Waals surface area contributed by atoms with E-state index < -0.39 is 23.8 Å². The van der Waals surface area contributed by atoms with E-state index in [1.165, 1.54) is 22.5 Å². The Labute approximate surface area is 149 Å². The molecule has 1 aliphatic carbocycles. The van der Waals surface area contributed by atoms with Crippen LogP contribution in [0.3, 0.4) is 0 Å². The number of halogens is 3. The molecule has 1 saturated carbocycles. The van der Waals surface area contributed by atoms with Crippen molar-refractivity contribution in [3.63, 3.8) is 0 Å². The number of aromatic nitrogens is 2. The maximum atomic E-state index is 14.0. The normalized spacial score (nSPS) is 27.2. The number of anilines is 2. The smallest absolute Gasteiger partial charge is 0.378 e. The molecule has 0 spiro atoms. The zero-order chi connectivity index (χ0) is 18.5. The molecule has 4 rings (SSSR count). The summed E-state index contributed by atoms with van der Waals surface area (Å²) < 4.78 is 48.5. The van der Waals surface area contributed by atoms with Gasteiger partial charge < -0.3 is 14.5 Å². The number of morpholine rings is 1. The molecular formula is C17H23F3N4O2. The minimum Gasteiger partial charge on any atom is -0.378 e. The van der Waals surface area contributed by atoms with Gasteiger partial charge in [-0.25, -0.2) is 0 Å². The standard InChI is InChI=1S/C17H23F3N4O2/c1-16(17(18,19)20)11-23-14(25)10-13(22-6-8-26-9-7-22)21-15(23)24(16)12-4-2-3-5-12/h10,12H,2-9,11H2,1H3/t16-/m0/s1. The van der Waals surface area contributed by atoms with Crippen LogP contribution in [0.15, 0.2) is 10.9 Å². The first-order chi connectivity index (χ1) is 12.3. The van der Waals surface area contributed by atoms with Crippen LogP contribution in [0.25, 0.3) is 0 Å². The van der Waals surface area contributed by atoms with Crippen LogP contribution in [-0.4, -0.2) is 53.6 Å². The maximum absolute atomic E-state index is 14.0. The predicted molar refractivity (Wildman–Crippen MR) is 90.7 cm³/mol. The van der Waals surface area contributed by atoms with Gasteiger partial charge in [0.2, 0.25) is 5.95 Å². The monoisotopic (exact) mass is 372 g/mol. The van der Waals surface area contributed by atoms with Gasteiger partial charge >= 0.3 is 6.18 Å². The molecule has 2 aliphatic heterocycles. The third-order valence-corrected chi connectivity index (χ3v) is 5.82. The molecule has 1 saturated heterocycles. The van der Waals surface area contributed by atoms with Gasteiger partial charge in [0.15, 0.2) is 5.54 Å². The Hall–Kier alpha value is -1.77. The van der Waals surface area contributed by atoms with Crippen LogP contribution in [0.5, 0.6) is 0 Å². The van der Waals surface area contributed by atoms with E-state index in [9.17, 15) is 18.0 Å². The third kappa shape index (κ3) is 2.67. The first-order valence-corrected chi connectivity index (χ1v) is 9.12. The second-order valence-corrected chi connectivity index (χ2v) is 7.52. The largest absolute Gasteiger partial charge is 0.413 e. The molecule has 0 N–H and O–H groups in total. The van der Waals surface area contributed by atoms with Crippen LogP contribution < -0.4 is 15.4 Å². The summed E-state index contributed by atoms with van der Waals surface area (Å²) in [7, 11) is 0. The van der Waals surface area contributed by atoms with Crippen molar-refractivity contribution in [2.75, 3.05) is 36.1 Å². The molecular weight excluding hydrogens is 349 g/mol. The van der Waals surface area contributed by atoms with Crippen molar-refractivity contribution in [2.45, 2.75) is 56.9 Å². The molecule has 1 aromatic heterocycles. The van der Waals surface area contributed by atoms with Gasteiger partial charge in [0.05, 0.1) is 19.8 Å². The summed E-state index contributed by atoms with van der Waals surface area (Å²) in [5.74, 6) is 0.602. The van der Waals surface area contributed by atoms with Gasteiger partial charge in [-0.15, -0.1) is 0 Å². The van der Waals surface area contributed by atoms with E-state index in [4.69, 9.17) is 4.74 Å². The van der Waals surface area contributed by atoms with E-state index in [2.05, 4.69) is 4.98 Å². The van der Waals surface area contributed by atoms with Gasteiger partial charge in [-0.05, 0) is 19.8 Å². The van der Waals surface area contributed by atoms with Crippen molar-refractivity contribution in [2.24, 2.45) is 0 Å². The Balaban J connectivity index is 1.80. The van der Waals surface area contributed by atoms with Gasteiger partial charge in [-0.1, -0.05) is 12.8 Å². The highest BCUT2D eigenvalue weighted by Gasteiger charge is 2.61. The number of hydrogen-bond acceptors (Lipinski definition) is 5. The van der Waals surface area contributed by atoms with E-state index in [1.807, 2.05) is 4.90 Å². The molecule has 0 amide bonds. The molecule has 3 heterocycles. The summed E-state index contributed by atoms with van der Waals surface area (Å²) >= 11 is 0. The molecule has 0 bridgehead atoms.